The Kier molecular flexibility index (Phi) is 7.22. The first kappa shape index (κ1) is 25.7. The van der Waals surface area contributed by atoms with Gasteiger partial charge in [0.25, 0.3) is 10.0 Å². The molecule has 7 nitrogen and oxygen atoms in total. The van der Waals surface area contributed by atoms with Crippen molar-refractivity contribution >= 4 is 51.3 Å². The van der Waals surface area contributed by atoms with Gasteiger partial charge in [0.05, 0.1) is 18.9 Å². The van der Waals surface area contributed by atoms with Crippen LogP contribution in [-0.2, 0) is 14.8 Å². The van der Waals surface area contributed by atoms with Crippen molar-refractivity contribution < 1.29 is 22.7 Å². The number of carbonyl (C=O) groups excluding carboxylic acids is 1. The molecule has 1 aliphatic heterocycles. The summed E-state index contributed by atoms with van der Waals surface area (Å²) in [6.07, 6.45) is 5.04. The molecule has 0 spiro atoms. The van der Waals surface area contributed by atoms with Gasteiger partial charge < -0.3 is 14.4 Å². The molecule has 194 valence electrons. The number of sulfonamides is 1. The summed E-state index contributed by atoms with van der Waals surface area (Å²) in [4.78, 5) is 14.8. The Bertz CT molecular complexity index is 1400. The maximum atomic E-state index is 13.0. The van der Waals surface area contributed by atoms with E-state index in [9.17, 15) is 13.2 Å². The van der Waals surface area contributed by atoms with Crippen molar-refractivity contribution in [1.82, 2.24) is 0 Å². The summed E-state index contributed by atoms with van der Waals surface area (Å²) >= 11 is 1.25. The first-order valence-electron chi connectivity index (χ1n) is 12.6. The highest BCUT2D eigenvalue weighted by Crippen LogP contribution is 2.38. The van der Waals surface area contributed by atoms with E-state index in [-0.39, 0.29) is 22.1 Å². The Morgan fingerprint density at radius 2 is 1.86 bits per heavy atom. The number of carbonyl (C=O) groups is 1. The Labute approximate surface area is 223 Å². The molecule has 5 rings (SSSR count). The molecule has 0 bridgehead atoms. The zero-order chi connectivity index (χ0) is 26.2. The summed E-state index contributed by atoms with van der Waals surface area (Å²) in [7, 11) is -0.162. The standard InChI is InChI=1S/C27H31BN2O5S2/c1-17-12-26(36-27(17)28)37(32,33)29-20-6-5-7-21(15-20)30-16-19(14-25(30)31)18-10-11-23(34-2)24(13-18)35-22-8-3-4-9-22/h5-7,10-13,15,19,22,29H,3-4,8-9,14,16,28H2,1-2H3. The molecule has 1 unspecified atom stereocenters. The van der Waals surface area contributed by atoms with E-state index in [0.717, 1.165) is 34.5 Å². The number of ether oxygens (including phenoxy) is 2. The molecular weight excluding hydrogens is 507 g/mol. The molecule has 1 aliphatic carbocycles. The Morgan fingerprint density at radius 1 is 1.08 bits per heavy atom. The molecule has 37 heavy (non-hydrogen) atoms. The van der Waals surface area contributed by atoms with Crippen molar-refractivity contribution in [3.8, 4) is 11.5 Å². The van der Waals surface area contributed by atoms with Gasteiger partial charge in [-0.3, -0.25) is 9.52 Å². The highest BCUT2D eigenvalue weighted by Gasteiger charge is 2.32. The van der Waals surface area contributed by atoms with Crippen LogP contribution in [0.15, 0.2) is 52.7 Å². The molecule has 1 N–H and O–H groups in total. The molecule has 1 saturated carbocycles. The number of anilines is 2. The van der Waals surface area contributed by atoms with E-state index in [1.807, 2.05) is 39.0 Å². The number of nitrogens with one attached hydrogen (secondary N) is 1. The van der Waals surface area contributed by atoms with Crippen molar-refractivity contribution in [1.29, 1.82) is 0 Å². The van der Waals surface area contributed by atoms with Gasteiger partial charge in [0.15, 0.2) is 19.3 Å². The van der Waals surface area contributed by atoms with Gasteiger partial charge in [0.1, 0.15) is 4.21 Å². The summed E-state index contributed by atoms with van der Waals surface area (Å²) < 4.78 is 41.5. The number of rotatable bonds is 8. The lowest BCUT2D eigenvalue weighted by atomic mass is 9.98. The fourth-order valence-electron chi connectivity index (χ4n) is 5.02. The summed E-state index contributed by atoms with van der Waals surface area (Å²) in [5.41, 5.74) is 3.07. The van der Waals surface area contributed by atoms with E-state index in [4.69, 9.17) is 9.47 Å². The van der Waals surface area contributed by atoms with Gasteiger partial charge in [-0.2, -0.15) is 0 Å². The van der Waals surface area contributed by atoms with Gasteiger partial charge in [-0.1, -0.05) is 12.1 Å². The third-order valence-electron chi connectivity index (χ3n) is 7.20. The SMILES string of the molecule is Bc1sc(S(=O)(=O)Nc2cccc(N3CC(c4ccc(OC)c(OC5CCCC5)c4)CC3=O)c2)cc1C. The first-order valence-corrected chi connectivity index (χ1v) is 14.9. The normalized spacial score (nSPS) is 18.4. The van der Waals surface area contributed by atoms with E-state index >= 15 is 0 Å². The topological polar surface area (TPSA) is 84.9 Å². The highest BCUT2D eigenvalue weighted by atomic mass is 32.2. The Hall–Kier alpha value is -2.98. The van der Waals surface area contributed by atoms with E-state index < -0.39 is 10.0 Å². The van der Waals surface area contributed by atoms with Crippen LogP contribution in [0.1, 0.15) is 49.1 Å². The number of nitrogens with zero attached hydrogens (tertiary/aromatic N) is 1. The van der Waals surface area contributed by atoms with Crippen molar-refractivity contribution in [3.05, 3.63) is 59.7 Å². The molecule has 1 atom stereocenters. The van der Waals surface area contributed by atoms with Gasteiger partial charge >= 0.3 is 0 Å². The molecule has 10 heteroatoms. The van der Waals surface area contributed by atoms with E-state index in [0.29, 0.717) is 30.1 Å². The van der Waals surface area contributed by atoms with Gasteiger partial charge in [-0.05, 0) is 84.9 Å². The second-order valence-corrected chi connectivity index (χ2v) is 13.0. The fourth-order valence-corrected chi connectivity index (χ4v) is 7.59. The maximum Gasteiger partial charge on any atom is 0.271 e. The minimum absolute atomic E-state index is 0.00162. The van der Waals surface area contributed by atoms with Crippen LogP contribution in [0.4, 0.5) is 11.4 Å². The number of benzene rings is 2. The molecule has 1 amide bonds. The molecule has 2 aliphatic rings. The third-order valence-corrected chi connectivity index (χ3v) is 10.2. The zero-order valence-corrected chi connectivity index (χ0v) is 23.0. The van der Waals surface area contributed by atoms with Crippen molar-refractivity contribution in [2.45, 2.75) is 55.3 Å². The molecule has 2 fully saturated rings. The third kappa shape index (κ3) is 5.50. The van der Waals surface area contributed by atoms with Crippen LogP contribution >= 0.6 is 11.3 Å². The number of hydrogen-bond donors (Lipinski definition) is 1. The predicted molar refractivity (Wildman–Crippen MR) is 150 cm³/mol. The number of amides is 1. The maximum absolute atomic E-state index is 13.0. The van der Waals surface area contributed by atoms with Crippen LogP contribution in [0.5, 0.6) is 11.5 Å². The Balaban J connectivity index is 1.33. The van der Waals surface area contributed by atoms with E-state index in [1.165, 1.54) is 24.2 Å². The minimum Gasteiger partial charge on any atom is -0.493 e. The number of hydrogen-bond acceptors (Lipinski definition) is 6. The quantitative estimate of drug-likeness (QED) is 0.439. The van der Waals surface area contributed by atoms with Crippen LogP contribution in [0.25, 0.3) is 0 Å². The number of methoxy groups -OCH3 is 1. The Morgan fingerprint density at radius 3 is 2.57 bits per heavy atom. The van der Waals surface area contributed by atoms with Crippen LogP contribution < -0.4 is 23.9 Å². The van der Waals surface area contributed by atoms with E-state index in [1.54, 1.807) is 36.3 Å². The van der Waals surface area contributed by atoms with Crippen molar-refractivity contribution in [3.63, 3.8) is 0 Å². The van der Waals surface area contributed by atoms with Crippen LogP contribution in [-0.4, -0.2) is 41.9 Å². The first-order chi connectivity index (χ1) is 17.7. The molecule has 1 aromatic heterocycles. The van der Waals surface area contributed by atoms with Crippen molar-refractivity contribution in [2.24, 2.45) is 0 Å². The van der Waals surface area contributed by atoms with Gasteiger partial charge in [-0.15, -0.1) is 11.3 Å². The van der Waals surface area contributed by atoms with Crippen molar-refractivity contribution in [2.75, 3.05) is 23.3 Å². The number of aryl methyl sites for hydroxylation is 1. The molecule has 2 heterocycles. The molecule has 1 saturated heterocycles. The van der Waals surface area contributed by atoms with Crippen LogP contribution in [0, 0.1) is 6.92 Å². The average Bonchev–Trinajstić information content (AvgIpc) is 3.60. The van der Waals surface area contributed by atoms with Gasteiger partial charge in [-0.25, -0.2) is 8.42 Å². The molecule has 2 aromatic carbocycles. The lowest BCUT2D eigenvalue weighted by Crippen LogP contribution is -2.24. The average molecular weight is 539 g/mol. The minimum atomic E-state index is -3.70. The van der Waals surface area contributed by atoms with Gasteiger partial charge in [0, 0.05) is 24.6 Å². The van der Waals surface area contributed by atoms with Crippen LogP contribution in [0.2, 0.25) is 0 Å². The summed E-state index contributed by atoms with van der Waals surface area (Å²) in [5, 5.41) is 0. The second kappa shape index (κ2) is 10.4. The largest absolute Gasteiger partial charge is 0.493 e. The molecule has 0 radical (unpaired) electrons. The smallest absolute Gasteiger partial charge is 0.271 e. The predicted octanol–water partition coefficient (Wildman–Crippen LogP) is 3.97. The summed E-state index contributed by atoms with van der Waals surface area (Å²) in [6, 6.07) is 14.6. The number of thiophene rings is 1. The summed E-state index contributed by atoms with van der Waals surface area (Å²) in [6.45, 7) is 2.40. The van der Waals surface area contributed by atoms with Gasteiger partial charge in [0.2, 0.25) is 5.91 Å². The fraction of sp³-hybridized carbons (Fsp3) is 0.370. The van der Waals surface area contributed by atoms with Crippen LogP contribution in [0.3, 0.4) is 0 Å². The lowest BCUT2D eigenvalue weighted by molar-refractivity contribution is -0.117. The van der Waals surface area contributed by atoms with E-state index in [2.05, 4.69) is 4.72 Å². The summed E-state index contributed by atoms with van der Waals surface area (Å²) in [5.74, 6) is 1.44. The molecule has 3 aromatic rings. The monoisotopic (exact) mass is 538 g/mol. The zero-order valence-electron chi connectivity index (χ0n) is 21.3. The second-order valence-electron chi connectivity index (χ2n) is 9.80. The molecular formula is C27H31BN2O5S2. The highest BCUT2D eigenvalue weighted by molar-refractivity contribution is 7.94. The lowest BCUT2D eigenvalue weighted by Gasteiger charge is -2.20.